The molecule has 1 nitrogen and oxygen atoms in total. The Labute approximate surface area is 109 Å². The fourth-order valence-corrected chi connectivity index (χ4v) is 3.85. The van der Waals surface area contributed by atoms with Crippen LogP contribution in [0.1, 0.15) is 5.01 Å². The Morgan fingerprint density at radius 3 is 2.71 bits per heavy atom. The Hall–Kier alpha value is -1.32. The lowest BCUT2D eigenvalue weighted by atomic mass is 10.1. The molecule has 0 amide bonds. The van der Waals surface area contributed by atoms with Crippen molar-refractivity contribution in [1.29, 1.82) is 0 Å². The quantitative estimate of drug-likeness (QED) is 0.656. The summed E-state index contributed by atoms with van der Waals surface area (Å²) in [7, 11) is 0. The lowest BCUT2D eigenvalue weighted by molar-refractivity contribution is 1.28. The number of hydrogen-bond donors (Lipinski definition) is 0. The fraction of sp³-hybridized carbons (Fsp3) is 0.0714. The van der Waals surface area contributed by atoms with Gasteiger partial charge in [0.2, 0.25) is 0 Å². The first-order chi connectivity index (χ1) is 8.33. The second-order valence-corrected chi connectivity index (χ2v) is 6.35. The maximum Gasteiger partial charge on any atom is 0.0906 e. The van der Waals surface area contributed by atoms with Gasteiger partial charge in [0.1, 0.15) is 0 Å². The molecule has 0 aliphatic carbocycles. The molecule has 0 saturated carbocycles. The highest BCUT2D eigenvalue weighted by Crippen LogP contribution is 2.35. The molecule has 3 rings (SSSR count). The lowest BCUT2D eigenvalue weighted by Gasteiger charge is -2.03. The summed E-state index contributed by atoms with van der Waals surface area (Å²) >= 11 is 3.54. The Morgan fingerprint density at radius 1 is 1.06 bits per heavy atom. The first kappa shape index (κ1) is 10.8. The molecule has 17 heavy (non-hydrogen) atoms. The number of fused-ring (bicyclic) bond motifs is 1. The van der Waals surface area contributed by atoms with E-state index < -0.39 is 0 Å². The topological polar surface area (TPSA) is 12.9 Å². The molecule has 84 valence electrons. The maximum absolute atomic E-state index is 4.29. The van der Waals surface area contributed by atoms with Crippen LogP contribution in [0.15, 0.2) is 57.8 Å². The second kappa shape index (κ2) is 4.51. The van der Waals surface area contributed by atoms with Gasteiger partial charge in [0, 0.05) is 4.90 Å². The molecule has 0 aliphatic rings. The van der Waals surface area contributed by atoms with Crippen LogP contribution in [0.3, 0.4) is 0 Å². The van der Waals surface area contributed by atoms with E-state index >= 15 is 0 Å². The van der Waals surface area contributed by atoms with Gasteiger partial charge in [0.05, 0.1) is 15.4 Å². The van der Waals surface area contributed by atoms with E-state index in [9.17, 15) is 0 Å². The highest BCUT2D eigenvalue weighted by atomic mass is 32.2. The van der Waals surface area contributed by atoms with Crippen LogP contribution in [0.5, 0.6) is 0 Å². The molecule has 0 N–H and O–H groups in total. The number of nitrogens with zero attached hydrogens (tertiary/aromatic N) is 1. The Bertz CT molecular complexity index is 653. The van der Waals surface area contributed by atoms with Crippen LogP contribution in [0.4, 0.5) is 0 Å². The van der Waals surface area contributed by atoms with Crippen LogP contribution in [-0.4, -0.2) is 4.98 Å². The molecule has 0 aliphatic heterocycles. The normalized spacial score (nSPS) is 10.9. The molecular weight excluding hydrogens is 246 g/mol. The molecule has 0 spiro atoms. The molecule has 3 heteroatoms. The van der Waals surface area contributed by atoms with E-state index in [4.69, 9.17) is 0 Å². The molecule has 2 aromatic carbocycles. The van der Waals surface area contributed by atoms with E-state index in [0.29, 0.717) is 0 Å². The van der Waals surface area contributed by atoms with Gasteiger partial charge in [0.25, 0.3) is 0 Å². The molecule has 0 atom stereocenters. The van der Waals surface area contributed by atoms with Crippen molar-refractivity contribution < 1.29 is 0 Å². The first-order valence-corrected chi connectivity index (χ1v) is 7.04. The van der Waals surface area contributed by atoms with Crippen LogP contribution in [0.25, 0.3) is 10.8 Å². The van der Waals surface area contributed by atoms with Crippen LogP contribution in [0, 0.1) is 6.92 Å². The predicted octanol–water partition coefficient (Wildman–Crippen LogP) is 4.76. The summed E-state index contributed by atoms with van der Waals surface area (Å²) in [6.07, 6.45) is 1.95. The van der Waals surface area contributed by atoms with Gasteiger partial charge >= 0.3 is 0 Å². The zero-order chi connectivity index (χ0) is 11.7. The van der Waals surface area contributed by atoms with Crippen molar-refractivity contribution >= 4 is 33.9 Å². The first-order valence-electron chi connectivity index (χ1n) is 5.41. The average molecular weight is 257 g/mol. The third kappa shape index (κ3) is 2.21. The van der Waals surface area contributed by atoms with Gasteiger partial charge in [-0.15, -0.1) is 11.3 Å². The van der Waals surface area contributed by atoms with Crippen LogP contribution >= 0.6 is 23.1 Å². The smallest absolute Gasteiger partial charge is 0.0906 e. The number of benzene rings is 2. The summed E-state index contributed by atoms with van der Waals surface area (Å²) in [6.45, 7) is 2.04. The van der Waals surface area contributed by atoms with Gasteiger partial charge in [-0.3, -0.25) is 0 Å². The number of hydrogen-bond acceptors (Lipinski definition) is 3. The van der Waals surface area contributed by atoms with E-state index in [1.54, 1.807) is 23.1 Å². The molecular formula is C14H11NS2. The van der Waals surface area contributed by atoms with Crippen LogP contribution < -0.4 is 0 Å². The van der Waals surface area contributed by atoms with Crippen molar-refractivity contribution in [2.45, 2.75) is 16.0 Å². The highest BCUT2D eigenvalue weighted by Gasteiger charge is 2.04. The van der Waals surface area contributed by atoms with Crippen molar-refractivity contribution in [2.75, 3.05) is 0 Å². The average Bonchev–Trinajstić information content (AvgIpc) is 2.75. The molecule has 0 unspecified atom stereocenters. The second-order valence-electron chi connectivity index (χ2n) is 3.78. The summed E-state index contributed by atoms with van der Waals surface area (Å²) in [6, 6.07) is 14.9. The van der Waals surface area contributed by atoms with E-state index in [-0.39, 0.29) is 0 Å². The third-order valence-electron chi connectivity index (χ3n) is 2.56. The van der Waals surface area contributed by atoms with Gasteiger partial charge in [-0.1, -0.05) is 48.2 Å². The molecule has 0 bridgehead atoms. The molecule has 1 aromatic heterocycles. The van der Waals surface area contributed by atoms with Crippen LogP contribution in [-0.2, 0) is 0 Å². The Morgan fingerprint density at radius 2 is 1.88 bits per heavy atom. The monoisotopic (exact) mass is 257 g/mol. The fourth-order valence-electron chi connectivity index (χ4n) is 1.78. The molecule has 3 aromatic rings. The molecule has 0 saturated heterocycles. The highest BCUT2D eigenvalue weighted by molar-refractivity contribution is 8.01. The van der Waals surface area contributed by atoms with Gasteiger partial charge < -0.3 is 0 Å². The minimum atomic E-state index is 1.12. The van der Waals surface area contributed by atoms with Gasteiger partial charge in [-0.25, -0.2) is 4.98 Å². The van der Waals surface area contributed by atoms with Crippen molar-refractivity contribution in [3.05, 3.63) is 53.7 Å². The van der Waals surface area contributed by atoms with Crippen molar-refractivity contribution in [3.8, 4) is 0 Å². The Balaban J connectivity index is 2.05. The summed E-state index contributed by atoms with van der Waals surface area (Å²) in [4.78, 5) is 5.59. The SMILES string of the molecule is Cc1ncc(Sc2cccc3ccccc23)s1. The minimum absolute atomic E-state index is 1.12. The third-order valence-corrected chi connectivity index (χ3v) is 4.65. The van der Waals surface area contributed by atoms with Gasteiger partial charge in [-0.2, -0.15) is 0 Å². The number of aryl methyl sites for hydroxylation is 1. The van der Waals surface area contributed by atoms with E-state index in [0.717, 1.165) is 5.01 Å². The van der Waals surface area contributed by atoms with E-state index in [1.165, 1.54) is 19.9 Å². The van der Waals surface area contributed by atoms with E-state index in [1.807, 2.05) is 13.1 Å². The maximum atomic E-state index is 4.29. The predicted molar refractivity (Wildman–Crippen MR) is 74.9 cm³/mol. The standard InChI is InChI=1S/C14H11NS2/c1-10-15-9-14(16-10)17-13-8-4-6-11-5-2-3-7-12(11)13/h2-9H,1H3. The summed E-state index contributed by atoms with van der Waals surface area (Å²) < 4.78 is 1.25. The lowest BCUT2D eigenvalue weighted by Crippen LogP contribution is -1.75. The van der Waals surface area contributed by atoms with Crippen molar-refractivity contribution in [3.63, 3.8) is 0 Å². The zero-order valence-electron chi connectivity index (χ0n) is 9.38. The van der Waals surface area contributed by atoms with Crippen LogP contribution in [0.2, 0.25) is 0 Å². The molecule has 0 fully saturated rings. The summed E-state index contributed by atoms with van der Waals surface area (Å²) in [5.74, 6) is 0. The largest absolute Gasteiger partial charge is 0.249 e. The van der Waals surface area contributed by atoms with Gasteiger partial charge in [0.15, 0.2) is 0 Å². The van der Waals surface area contributed by atoms with Gasteiger partial charge in [-0.05, 0) is 23.8 Å². The molecule has 1 heterocycles. The van der Waals surface area contributed by atoms with Crippen molar-refractivity contribution in [1.82, 2.24) is 4.98 Å². The van der Waals surface area contributed by atoms with E-state index in [2.05, 4.69) is 47.4 Å². The number of thiazole rings is 1. The minimum Gasteiger partial charge on any atom is -0.249 e. The molecule has 0 radical (unpaired) electrons. The number of rotatable bonds is 2. The zero-order valence-corrected chi connectivity index (χ0v) is 11.0. The summed E-state index contributed by atoms with van der Waals surface area (Å²) in [5, 5.41) is 3.72. The van der Waals surface area contributed by atoms with Crippen molar-refractivity contribution in [2.24, 2.45) is 0 Å². The summed E-state index contributed by atoms with van der Waals surface area (Å²) in [5.41, 5.74) is 0. The number of aromatic nitrogens is 1. The Kier molecular flexibility index (Phi) is 2.87.